The van der Waals surface area contributed by atoms with Gasteiger partial charge in [0.25, 0.3) is 0 Å². The maximum atomic E-state index is 11.6. The summed E-state index contributed by atoms with van der Waals surface area (Å²) in [5.74, 6) is 0.135. The molecule has 0 aliphatic heterocycles. The zero-order valence-corrected chi connectivity index (χ0v) is 11.6. The Bertz CT molecular complexity index is 270. The predicted molar refractivity (Wildman–Crippen MR) is 65.8 cm³/mol. The molecule has 0 aromatic heterocycles. The van der Waals surface area contributed by atoms with E-state index in [0.717, 1.165) is 12.8 Å². The van der Waals surface area contributed by atoms with E-state index < -0.39 is 10.0 Å². The van der Waals surface area contributed by atoms with Crippen molar-refractivity contribution in [3.05, 3.63) is 0 Å². The van der Waals surface area contributed by atoms with Crippen LogP contribution in [-0.4, -0.2) is 26.1 Å². The molecule has 0 aromatic carbocycles. The second-order valence-electron chi connectivity index (χ2n) is 5.05. The van der Waals surface area contributed by atoms with Gasteiger partial charge in [0.2, 0.25) is 10.0 Å². The van der Waals surface area contributed by atoms with Crippen molar-refractivity contribution in [2.24, 2.45) is 5.41 Å². The standard InChI is InChI=1S/C10H22ClNO2S/c1-5-6-9(11)7-12-15(13,14)8-10(2,3)4/h9,12H,5-8H2,1-4H3. The van der Waals surface area contributed by atoms with E-state index in [4.69, 9.17) is 11.6 Å². The lowest BCUT2D eigenvalue weighted by atomic mass is 10.0. The Labute approximate surface area is 98.6 Å². The smallest absolute Gasteiger partial charge is 0.212 e. The molecule has 3 nitrogen and oxygen atoms in total. The summed E-state index contributed by atoms with van der Waals surface area (Å²) < 4.78 is 25.7. The van der Waals surface area contributed by atoms with Gasteiger partial charge in [0, 0.05) is 11.9 Å². The van der Waals surface area contributed by atoms with E-state index in [1.54, 1.807) is 0 Å². The fraction of sp³-hybridized carbons (Fsp3) is 1.00. The molecule has 92 valence electrons. The van der Waals surface area contributed by atoms with Crippen LogP contribution in [0.15, 0.2) is 0 Å². The summed E-state index contributed by atoms with van der Waals surface area (Å²) in [4.78, 5) is 0. The molecular formula is C10H22ClNO2S. The van der Waals surface area contributed by atoms with Crippen LogP contribution in [0.1, 0.15) is 40.5 Å². The van der Waals surface area contributed by atoms with Crippen molar-refractivity contribution in [1.82, 2.24) is 4.72 Å². The Kier molecular flexibility index (Phi) is 6.14. The highest BCUT2D eigenvalue weighted by atomic mass is 35.5. The third-order valence-corrected chi connectivity index (χ3v) is 3.97. The Morgan fingerprint density at radius 2 is 1.87 bits per heavy atom. The largest absolute Gasteiger partial charge is 0.214 e. The average molecular weight is 256 g/mol. The molecule has 0 aromatic rings. The minimum absolute atomic E-state index is 0.107. The molecule has 15 heavy (non-hydrogen) atoms. The van der Waals surface area contributed by atoms with Gasteiger partial charge in [-0.3, -0.25) is 0 Å². The molecule has 0 saturated heterocycles. The van der Waals surface area contributed by atoms with Gasteiger partial charge in [-0.15, -0.1) is 11.6 Å². The van der Waals surface area contributed by atoms with Crippen molar-refractivity contribution in [2.45, 2.75) is 45.9 Å². The number of rotatable bonds is 6. The normalized spacial score (nSPS) is 15.3. The summed E-state index contributed by atoms with van der Waals surface area (Å²) >= 11 is 5.93. The van der Waals surface area contributed by atoms with E-state index in [-0.39, 0.29) is 16.5 Å². The molecule has 0 bridgehead atoms. The number of nitrogens with one attached hydrogen (secondary N) is 1. The minimum atomic E-state index is -3.19. The first-order valence-corrected chi connectivity index (χ1v) is 7.36. The molecule has 5 heteroatoms. The number of halogens is 1. The fourth-order valence-corrected chi connectivity index (χ4v) is 3.34. The van der Waals surface area contributed by atoms with Crippen LogP contribution in [0.4, 0.5) is 0 Å². The monoisotopic (exact) mass is 255 g/mol. The van der Waals surface area contributed by atoms with Crippen molar-refractivity contribution >= 4 is 21.6 Å². The van der Waals surface area contributed by atoms with Crippen LogP contribution in [0.2, 0.25) is 0 Å². The summed E-state index contributed by atoms with van der Waals surface area (Å²) in [5.41, 5.74) is -0.224. The Hall–Kier alpha value is 0.200. The maximum Gasteiger partial charge on any atom is 0.212 e. The van der Waals surface area contributed by atoms with Crippen molar-refractivity contribution < 1.29 is 8.42 Å². The van der Waals surface area contributed by atoms with Gasteiger partial charge in [-0.1, -0.05) is 34.1 Å². The van der Waals surface area contributed by atoms with Crippen molar-refractivity contribution in [1.29, 1.82) is 0 Å². The van der Waals surface area contributed by atoms with Crippen LogP contribution < -0.4 is 4.72 Å². The molecule has 0 amide bonds. The molecule has 0 aliphatic carbocycles. The summed E-state index contributed by atoms with van der Waals surface area (Å²) in [7, 11) is -3.19. The molecule has 0 spiro atoms. The van der Waals surface area contributed by atoms with Crippen LogP contribution in [0.5, 0.6) is 0 Å². The van der Waals surface area contributed by atoms with E-state index in [2.05, 4.69) is 4.72 Å². The number of alkyl halides is 1. The van der Waals surface area contributed by atoms with Crippen LogP contribution in [0, 0.1) is 5.41 Å². The average Bonchev–Trinajstić information content (AvgIpc) is 1.97. The van der Waals surface area contributed by atoms with E-state index in [9.17, 15) is 8.42 Å². The van der Waals surface area contributed by atoms with Gasteiger partial charge in [0.05, 0.1) is 5.75 Å². The molecule has 0 radical (unpaired) electrons. The molecule has 0 heterocycles. The summed E-state index contributed by atoms with van der Waals surface area (Å²) in [6.45, 7) is 8.05. The zero-order chi connectivity index (χ0) is 12.1. The zero-order valence-electron chi connectivity index (χ0n) is 10.0. The number of sulfonamides is 1. The lowest BCUT2D eigenvalue weighted by Gasteiger charge is -2.19. The summed E-state index contributed by atoms with van der Waals surface area (Å²) in [5, 5.41) is -0.107. The third-order valence-electron chi connectivity index (χ3n) is 1.75. The predicted octanol–water partition coefficient (Wildman–Crippen LogP) is 2.36. The van der Waals surface area contributed by atoms with Gasteiger partial charge in [-0.05, 0) is 11.8 Å². The molecule has 1 N–H and O–H groups in total. The Balaban J connectivity index is 4.06. The highest BCUT2D eigenvalue weighted by molar-refractivity contribution is 7.89. The van der Waals surface area contributed by atoms with Gasteiger partial charge in [0.1, 0.15) is 0 Å². The molecule has 0 saturated carbocycles. The van der Waals surface area contributed by atoms with E-state index in [0.29, 0.717) is 6.54 Å². The SMILES string of the molecule is CCCC(Cl)CNS(=O)(=O)CC(C)(C)C. The first-order valence-electron chi connectivity index (χ1n) is 5.28. The van der Waals surface area contributed by atoms with Gasteiger partial charge in [0.15, 0.2) is 0 Å². The molecule has 0 fully saturated rings. The topological polar surface area (TPSA) is 46.2 Å². The fourth-order valence-electron chi connectivity index (χ4n) is 1.25. The Morgan fingerprint density at radius 1 is 1.33 bits per heavy atom. The van der Waals surface area contributed by atoms with Gasteiger partial charge < -0.3 is 0 Å². The minimum Gasteiger partial charge on any atom is -0.214 e. The van der Waals surface area contributed by atoms with Crippen LogP contribution in [-0.2, 0) is 10.0 Å². The van der Waals surface area contributed by atoms with Crippen LogP contribution in [0.25, 0.3) is 0 Å². The number of hydrogen-bond acceptors (Lipinski definition) is 2. The number of hydrogen-bond donors (Lipinski definition) is 1. The van der Waals surface area contributed by atoms with Crippen molar-refractivity contribution in [3.63, 3.8) is 0 Å². The first kappa shape index (κ1) is 15.2. The summed E-state index contributed by atoms with van der Waals surface area (Å²) in [6, 6.07) is 0. The molecular weight excluding hydrogens is 234 g/mol. The van der Waals surface area contributed by atoms with E-state index in [1.165, 1.54) is 0 Å². The van der Waals surface area contributed by atoms with Gasteiger partial charge in [-0.2, -0.15) is 0 Å². The highest BCUT2D eigenvalue weighted by Crippen LogP contribution is 2.15. The second kappa shape index (κ2) is 6.06. The lowest BCUT2D eigenvalue weighted by Crippen LogP contribution is -2.35. The van der Waals surface area contributed by atoms with E-state index in [1.807, 2.05) is 27.7 Å². The van der Waals surface area contributed by atoms with Crippen LogP contribution in [0.3, 0.4) is 0 Å². The quantitative estimate of drug-likeness (QED) is 0.741. The maximum absolute atomic E-state index is 11.6. The molecule has 0 aliphatic rings. The lowest BCUT2D eigenvalue weighted by molar-refractivity contribution is 0.457. The highest BCUT2D eigenvalue weighted by Gasteiger charge is 2.21. The summed E-state index contributed by atoms with van der Waals surface area (Å²) in [6.07, 6.45) is 1.80. The second-order valence-corrected chi connectivity index (χ2v) is 7.48. The first-order chi connectivity index (χ1) is 6.66. The van der Waals surface area contributed by atoms with Gasteiger partial charge >= 0.3 is 0 Å². The van der Waals surface area contributed by atoms with Crippen molar-refractivity contribution in [3.8, 4) is 0 Å². The van der Waals surface area contributed by atoms with Crippen LogP contribution >= 0.6 is 11.6 Å². The molecule has 0 rings (SSSR count). The third kappa shape index (κ3) is 9.15. The molecule has 1 unspecified atom stereocenters. The Morgan fingerprint density at radius 3 is 2.27 bits per heavy atom. The van der Waals surface area contributed by atoms with E-state index >= 15 is 0 Å². The molecule has 1 atom stereocenters. The van der Waals surface area contributed by atoms with Gasteiger partial charge in [-0.25, -0.2) is 13.1 Å². The van der Waals surface area contributed by atoms with Crippen molar-refractivity contribution in [2.75, 3.05) is 12.3 Å².